The van der Waals surface area contributed by atoms with Crippen molar-refractivity contribution < 1.29 is 9.90 Å². The summed E-state index contributed by atoms with van der Waals surface area (Å²) in [5.41, 5.74) is 6.31. The van der Waals surface area contributed by atoms with Crippen LogP contribution in [0, 0.1) is 0 Å². The van der Waals surface area contributed by atoms with Crippen molar-refractivity contribution >= 4 is 11.6 Å². The normalized spacial score (nSPS) is 11.9. The van der Waals surface area contributed by atoms with E-state index in [0.29, 0.717) is 5.69 Å². The van der Waals surface area contributed by atoms with Gasteiger partial charge in [0, 0.05) is 13.6 Å². The first-order chi connectivity index (χ1) is 8.13. The summed E-state index contributed by atoms with van der Waals surface area (Å²) in [5, 5.41) is 16.4. The van der Waals surface area contributed by atoms with Crippen molar-refractivity contribution in [1.82, 2.24) is 15.1 Å². The Labute approximate surface area is 107 Å². The number of nitrogens with zero attached hydrogens (tertiary/aromatic N) is 2. The number of aromatic amines is 1. The molecule has 0 aliphatic rings. The summed E-state index contributed by atoms with van der Waals surface area (Å²) in [6.07, 6.45) is 0. The number of hydrogen-bond acceptors (Lipinski definition) is 4. The first-order valence-electron chi connectivity index (χ1n) is 5.95. The molecule has 0 aliphatic carbocycles. The van der Waals surface area contributed by atoms with E-state index < -0.39 is 5.60 Å². The Morgan fingerprint density at radius 2 is 2.11 bits per heavy atom. The molecule has 6 nitrogen and oxygen atoms in total. The van der Waals surface area contributed by atoms with Crippen molar-refractivity contribution in [2.45, 2.75) is 39.2 Å². The standard InChI is InChI=1S/C12H22N4O2/c1-7(2)9-8(13)10(15-14-9)11(17)16(5)6-12(3,4)18/h7,18H,6,13H2,1-5H3,(H,14,15). The Kier molecular flexibility index (Phi) is 4.01. The number of nitrogen functional groups attached to an aromatic ring is 1. The van der Waals surface area contributed by atoms with E-state index in [1.807, 2.05) is 13.8 Å². The van der Waals surface area contributed by atoms with Gasteiger partial charge in [0.2, 0.25) is 0 Å². The van der Waals surface area contributed by atoms with Gasteiger partial charge in [-0.15, -0.1) is 0 Å². The van der Waals surface area contributed by atoms with Crippen molar-refractivity contribution in [1.29, 1.82) is 0 Å². The van der Waals surface area contributed by atoms with E-state index >= 15 is 0 Å². The molecular formula is C12H22N4O2. The van der Waals surface area contributed by atoms with Crippen molar-refractivity contribution in [2.75, 3.05) is 19.3 Å². The molecule has 1 aromatic rings. The van der Waals surface area contributed by atoms with Crippen molar-refractivity contribution in [2.24, 2.45) is 0 Å². The molecule has 1 rings (SSSR count). The monoisotopic (exact) mass is 254 g/mol. The average molecular weight is 254 g/mol. The van der Waals surface area contributed by atoms with Crippen molar-refractivity contribution in [3.05, 3.63) is 11.4 Å². The van der Waals surface area contributed by atoms with E-state index in [2.05, 4.69) is 10.2 Å². The van der Waals surface area contributed by atoms with E-state index in [1.54, 1.807) is 20.9 Å². The Morgan fingerprint density at radius 1 is 1.56 bits per heavy atom. The molecule has 0 saturated heterocycles. The van der Waals surface area contributed by atoms with E-state index in [0.717, 1.165) is 5.69 Å². The third-order valence-electron chi connectivity index (χ3n) is 2.58. The second-order valence-corrected chi connectivity index (χ2v) is 5.53. The SMILES string of the molecule is CC(C)c1[nH]nc(C(=O)N(C)CC(C)(C)O)c1N. The molecule has 18 heavy (non-hydrogen) atoms. The fourth-order valence-corrected chi connectivity index (χ4v) is 1.80. The molecule has 0 unspecified atom stereocenters. The molecule has 1 amide bonds. The minimum absolute atomic E-state index is 0.179. The van der Waals surface area contributed by atoms with Gasteiger partial charge in [0.15, 0.2) is 5.69 Å². The molecule has 0 bridgehead atoms. The number of carbonyl (C=O) groups excluding carboxylic acids is 1. The molecule has 6 heteroatoms. The maximum absolute atomic E-state index is 12.1. The van der Waals surface area contributed by atoms with Crippen LogP contribution < -0.4 is 5.73 Å². The first kappa shape index (κ1) is 14.5. The molecule has 0 saturated carbocycles. The quantitative estimate of drug-likeness (QED) is 0.745. The highest BCUT2D eigenvalue weighted by atomic mass is 16.3. The van der Waals surface area contributed by atoms with Gasteiger partial charge in [-0.05, 0) is 19.8 Å². The van der Waals surface area contributed by atoms with Crippen LogP contribution >= 0.6 is 0 Å². The van der Waals surface area contributed by atoms with Crippen LogP contribution in [-0.2, 0) is 0 Å². The van der Waals surface area contributed by atoms with E-state index in [9.17, 15) is 9.90 Å². The zero-order chi connectivity index (χ0) is 14.1. The molecule has 0 radical (unpaired) electrons. The van der Waals surface area contributed by atoms with Crippen LogP contribution in [0.2, 0.25) is 0 Å². The summed E-state index contributed by atoms with van der Waals surface area (Å²) in [6, 6.07) is 0. The summed E-state index contributed by atoms with van der Waals surface area (Å²) in [6.45, 7) is 7.45. The van der Waals surface area contributed by atoms with Crippen LogP contribution in [0.15, 0.2) is 0 Å². The number of nitrogens with one attached hydrogen (secondary N) is 1. The lowest BCUT2D eigenvalue weighted by Gasteiger charge is -2.25. The van der Waals surface area contributed by atoms with Crippen LogP contribution in [-0.4, -0.2) is 45.3 Å². The number of hydrogen-bond donors (Lipinski definition) is 3. The second-order valence-electron chi connectivity index (χ2n) is 5.53. The van der Waals surface area contributed by atoms with Gasteiger partial charge in [-0.2, -0.15) is 5.10 Å². The van der Waals surface area contributed by atoms with Gasteiger partial charge in [-0.1, -0.05) is 13.8 Å². The van der Waals surface area contributed by atoms with Gasteiger partial charge in [-0.25, -0.2) is 0 Å². The number of nitrogens with two attached hydrogens (primary N) is 1. The van der Waals surface area contributed by atoms with Crippen LogP contribution in [0.5, 0.6) is 0 Å². The van der Waals surface area contributed by atoms with E-state index in [1.165, 1.54) is 4.90 Å². The molecule has 1 heterocycles. The molecule has 0 aromatic carbocycles. The van der Waals surface area contributed by atoms with Crippen LogP contribution in [0.3, 0.4) is 0 Å². The zero-order valence-electron chi connectivity index (χ0n) is 11.6. The number of rotatable bonds is 4. The fourth-order valence-electron chi connectivity index (χ4n) is 1.80. The summed E-state index contributed by atoms with van der Waals surface area (Å²) in [4.78, 5) is 13.5. The minimum atomic E-state index is -0.948. The van der Waals surface area contributed by atoms with Gasteiger partial charge in [0.25, 0.3) is 5.91 Å². The first-order valence-corrected chi connectivity index (χ1v) is 5.95. The average Bonchev–Trinajstić information content (AvgIpc) is 2.56. The summed E-state index contributed by atoms with van der Waals surface area (Å²) in [7, 11) is 1.61. The topological polar surface area (TPSA) is 95.2 Å². The summed E-state index contributed by atoms with van der Waals surface area (Å²) < 4.78 is 0. The number of amides is 1. The van der Waals surface area contributed by atoms with Crippen LogP contribution in [0.1, 0.15) is 49.8 Å². The van der Waals surface area contributed by atoms with Gasteiger partial charge in [-0.3, -0.25) is 9.89 Å². The lowest BCUT2D eigenvalue weighted by atomic mass is 10.1. The Bertz CT molecular complexity index is 432. The Balaban J connectivity index is 2.91. The summed E-state index contributed by atoms with van der Waals surface area (Å²) in [5.74, 6) is -0.114. The minimum Gasteiger partial charge on any atom is -0.395 e. The maximum atomic E-state index is 12.1. The second kappa shape index (κ2) is 4.97. The van der Waals surface area contributed by atoms with Crippen LogP contribution in [0.4, 0.5) is 5.69 Å². The van der Waals surface area contributed by atoms with Gasteiger partial charge >= 0.3 is 0 Å². The van der Waals surface area contributed by atoms with E-state index in [-0.39, 0.29) is 24.1 Å². The number of H-pyrrole nitrogens is 1. The fraction of sp³-hybridized carbons (Fsp3) is 0.667. The van der Waals surface area contributed by atoms with Gasteiger partial charge in [0.1, 0.15) is 0 Å². The predicted molar refractivity (Wildman–Crippen MR) is 70.3 cm³/mol. The number of likely N-dealkylation sites (N-methyl/N-ethyl adjacent to an activating group) is 1. The lowest BCUT2D eigenvalue weighted by molar-refractivity contribution is 0.0365. The molecule has 4 N–H and O–H groups in total. The number of aliphatic hydroxyl groups is 1. The third-order valence-corrected chi connectivity index (χ3v) is 2.58. The highest BCUT2D eigenvalue weighted by molar-refractivity contribution is 5.97. The highest BCUT2D eigenvalue weighted by Gasteiger charge is 2.25. The zero-order valence-corrected chi connectivity index (χ0v) is 11.6. The lowest BCUT2D eigenvalue weighted by Crippen LogP contribution is -2.40. The Morgan fingerprint density at radius 3 is 2.50 bits per heavy atom. The van der Waals surface area contributed by atoms with Gasteiger partial charge < -0.3 is 15.7 Å². The van der Waals surface area contributed by atoms with Crippen molar-refractivity contribution in [3.63, 3.8) is 0 Å². The predicted octanol–water partition coefficient (Wildman–Crippen LogP) is 0.958. The molecule has 0 fully saturated rings. The molecular weight excluding hydrogens is 232 g/mol. The maximum Gasteiger partial charge on any atom is 0.276 e. The van der Waals surface area contributed by atoms with Gasteiger partial charge in [0.05, 0.1) is 17.0 Å². The highest BCUT2D eigenvalue weighted by Crippen LogP contribution is 2.23. The summed E-state index contributed by atoms with van der Waals surface area (Å²) >= 11 is 0. The molecule has 0 spiro atoms. The number of aromatic nitrogens is 2. The smallest absolute Gasteiger partial charge is 0.276 e. The largest absolute Gasteiger partial charge is 0.395 e. The third kappa shape index (κ3) is 3.22. The Hall–Kier alpha value is -1.56. The number of anilines is 1. The molecule has 102 valence electrons. The molecule has 0 aliphatic heterocycles. The van der Waals surface area contributed by atoms with E-state index in [4.69, 9.17) is 5.73 Å². The molecule has 0 atom stereocenters. The van der Waals surface area contributed by atoms with Crippen molar-refractivity contribution in [3.8, 4) is 0 Å². The van der Waals surface area contributed by atoms with Crippen LogP contribution in [0.25, 0.3) is 0 Å². The molecule has 1 aromatic heterocycles. The number of carbonyl (C=O) groups is 1.